The molecule has 7 nitrogen and oxygen atoms in total. The van der Waals surface area contributed by atoms with Crippen LogP contribution in [0.2, 0.25) is 0 Å². The van der Waals surface area contributed by atoms with Crippen LogP contribution in [0.1, 0.15) is 40.0 Å². The number of nitrogens with one attached hydrogen (secondary N) is 2. The molecule has 7 heteroatoms. The van der Waals surface area contributed by atoms with Gasteiger partial charge in [-0.25, -0.2) is 9.59 Å². The molecule has 0 rings (SSSR count). The Bertz CT molecular complexity index is 312. The number of alkyl carbamates (subject to hydrolysis) is 1. The predicted molar refractivity (Wildman–Crippen MR) is 69.1 cm³/mol. The number of unbranched alkanes of at least 4 members (excludes halogenated alkanes) is 1. The van der Waals surface area contributed by atoms with Crippen molar-refractivity contribution in [2.24, 2.45) is 0 Å². The molecule has 0 saturated heterocycles. The minimum absolute atomic E-state index is 0.327. The van der Waals surface area contributed by atoms with Gasteiger partial charge in [-0.2, -0.15) is 0 Å². The third-order valence-corrected chi connectivity index (χ3v) is 2.08. The van der Waals surface area contributed by atoms with Crippen LogP contribution >= 0.6 is 0 Å². The summed E-state index contributed by atoms with van der Waals surface area (Å²) in [4.78, 5) is 32.4. The number of carboxylic acid groups (broad SMARTS) is 1. The van der Waals surface area contributed by atoms with E-state index in [0.717, 1.165) is 0 Å². The first-order chi connectivity index (χ1) is 8.74. The summed E-state index contributed by atoms with van der Waals surface area (Å²) in [5.41, 5.74) is -0.608. The van der Waals surface area contributed by atoms with Crippen molar-refractivity contribution in [2.45, 2.75) is 51.7 Å². The highest BCUT2D eigenvalue weighted by molar-refractivity contribution is 5.73. The maximum absolute atomic E-state index is 11.4. The molecule has 0 aliphatic rings. The average molecular weight is 274 g/mol. The van der Waals surface area contributed by atoms with E-state index in [9.17, 15) is 14.4 Å². The third kappa shape index (κ3) is 11.1. The van der Waals surface area contributed by atoms with Crippen molar-refractivity contribution in [1.29, 1.82) is 0 Å². The molecule has 0 spiro atoms. The molecule has 19 heavy (non-hydrogen) atoms. The van der Waals surface area contributed by atoms with E-state index < -0.39 is 23.8 Å². The van der Waals surface area contributed by atoms with Crippen molar-refractivity contribution in [1.82, 2.24) is 10.6 Å². The SMILES string of the molecule is CC(C)(C)OC(=O)N[C@H](C=O)CCCCNC(=O)O. The molecule has 0 aromatic carbocycles. The topological polar surface area (TPSA) is 105 Å². The van der Waals surface area contributed by atoms with Crippen LogP contribution in [0.3, 0.4) is 0 Å². The first-order valence-corrected chi connectivity index (χ1v) is 6.16. The van der Waals surface area contributed by atoms with Gasteiger partial charge in [0.15, 0.2) is 0 Å². The fourth-order valence-corrected chi connectivity index (χ4v) is 1.32. The third-order valence-electron chi connectivity index (χ3n) is 2.08. The zero-order valence-electron chi connectivity index (χ0n) is 11.6. The Morgan fingerprint density at radius 1 is 1.32 bits per heavy atom. The second-order valence-corrected chi connectivity index (χ2v) is 5.12. The first-order valence-electron chi connectivity index (χ1n) is 6.16. The second-order valence-electron chi connectivity index (χ2n) is 5.12. The van der Waals surface area contributed by atoms with E-state index in [1.165, 1.54) is 0 Å². The van der Waals surface area contributed by atoms with Gasteiger partial charge in [0.2, 0.25) is 0 Å². The van der Waals surface area contributed by atoms with Crippen LogP contribution < -0.4 is 10.6 Å². The lowest BCUT2D eigenvalue weighted by Gasteiger charge is -2.21. The molecule has 0 aliphatic carbocycles. The number of hydrogen-bond donors (Lipinski definition) is 3. The Kier molecular flexibility index (Phi) is 7.55. The predicted octanol–water partition coefficient (Wildman–Crippen LogP) is 1.52. The number of rotatable bonds is 7. The Labute approximate surface area is 112 Å². The minimum Gasteiger partial charge on any atom is -0.465 e. The fraction of sp³-hybridized carbons (Fsp3) is 0.750. The summed E-state index contributed by atoms with van der Waals surface area (Å²) in [5, 5.41) is 13.0. The van der Waals surface area contributed by atoms with Crippen molar-refractivity contribution < 1.29 is 24.2 Å². The van der Waals surface area contributed by atoms with Crippen molar-refractivity contribution >= 4 is 18.5 Å². The summed E-state index contributed by atoms with van der Waals surface area (Å²) in [6, 6.07) is -0.611. The zero-order valence-corrected chi connectivity index (χ0v) is 11.6. The molecular formula is C12H22N2O5. The molecule has 0 radical (unpaired) electrons. The van der Waals surface area contributed by atoms with Gasteiger partial charge in [-0.1, -0.05) is 0 Å². The number of amides is 2. The molecule has 0 saturated carbocycles. The quantitative estimate of drug-likeness (QED) is 0.482. The molecule has 0 unspecified atom stereocenters. The normalized spacial score (nSPS) is 12.4. The van der Waals surface area contributed by atoms with Gasteiger partial charge in [-0.05, 0) is 40.0 Å². The van der Waals surface area contributed by atoms with Crippen LogP contribution in [0.4, 0.5) is 9.59 Å². The van der Waals surface area contributed by atoms with E-state index in [-0.39, 0.29) is 0 Å². The fourth-order valence-electron chi connectivity index (χ4n) is 1.32. The van der Waals surface area contributed by atoms with Crippen molar-refractivity contribution in [3.05, 3.63) is 0 Å². The molecule has 0 aromatic heterocycles. The molecule has 1 atom stereocenters. The minimum atomic E-state index is -1.07. The first kappa shape index (κ1) is 17.2. The van der Waals surface area contributed by atoms with Crippen molar-refractivity contribution in [2.75, 3.05) is 6.54 Å². The molecule has 3 N–H and O–H groups in total. The van der Waals surface area contributed by atoms with Gasteiger partial charge < -0.3 is 25.3 Å². The molecule has 0 aliphatic heterocycles. The maximum atomic E-state index is 11.4. The van der Waals surface area contributed by atoms with Gasteiger partial charge in [0.05, 0.1) is 6.04 Å². The lowest BCUT2D eigenvalue weighted by atomic mass is 10.1. The van der Waals surface area contributed by atoms with Crippen LogP contribution in [0.25, 0.3) is 0 Å². The van der Waals surface area contributed by atoms with Gasteiger partial charge in [-0.3, -0.25) is 0 Å². The van der Waals surface area contributed by atoms with Crippen LogP contribution in [0.5, 0.6) is 0 Å². The Morgan fingerprint density at radius 3 is 2.42 bits per heavy atom. The van der Waals surface area contributed by atoms with Gasteiger partial charge in [0, 0.05) is 6.54 Å². The highest BCUT2D eigenvalue weighted by Crippen LogP contribution is 2.07. The molecule has 110 valence electrons. The number of aldehydes is 1. The summed E-state index contributed by atoms with van der Waals surface area (Å²) in [6.07, 6.45) is 0.622. The van der Waals surface area contributed by atoms with Gasteiger partial charge in [-0.15, -0.1) is 0 Å². The number of carbonyl (C=O) groups is 3. The lowest BCUT2D eigenvalue weighted by molar-refractivity contribution is -0.109. The number of carbonyl (C=O) groups excluding carboxylic acids is 2. The molecular weight excluding hydrogens is 252 g/mol. The van der Waals surface area contributed by atoms with Crippen molar-refractivity contribution in [3.63, 3.8) is 0 Å². The highest BCUT2D eigenvalue weighted by Gasteiger charge is 2.18. The van der Waals surface area contributed by atoms with Gasteiger partial charge in [0.25, 0.3) is 0 Å². The van der Waals surface area contributed by atoms with Crippen LogP contribution in [0.15, 0.2) is 0 Å². The lowest BCUT2D eigenvalue weighted by Crippen LogP contribution is -2.40. The molecule has 0 bridgehead atoms. The average Bonchev–Trinajstić information content (AvgIpc) is 2.24. The standard InChI is InChI=1S/C12H22N2O5/c1-12(2,3)19-11(18)14-9(8-15)6-4-5-7-13-10(16)17/h8-9,13H,4-7H2,1-3H3,(H,14,18)(H,16,17)/t9-/m0/s1. The van der Waals surface area contributed by atoms with Crippen LogP contribution in [-0.2, 0) is 9.53 Å². The zero-order chi connectivity index (χ0) is 14.9. The molecule has 0 aromatic rings. The molecule has 2 amide bonds. The van der Waals surface area contributed by atoms with E-state index in [1.807, 2.05) is 0 Å². The van der Waals surface area contributed by atoms with E-state index in [4.69, 9.17) is 9.84 Å². The summed E-state index contributed by atoms with van der Waals surface area (Å²) in [6.45, 7) is 5.54. The Balaban J connectivity index is 3.86. The van der Waals surface area contributed by atoms with E-state index >= 15 is 0 Å². The largest absolute Gasteiger partial charge is 0.465 e. The van der Waals surface area contributed by atoms with Crippen molar-refractivity contribution in [3.8, 4) is 0 Å². The Hall–Kier alpha value is -1.79. The van der Waals surface area contributed by atoms with E-state index in [2.05, 4.69) is 10.6 Å². The second kappa shape index (κ2) is 8.34. The summed E-state index contributed by atoms with van der Waals surface area (Å²) >= 11 is 0. The van der Waals surface area contributed by atoms with Gasteiger partial charge >= 0.3 is 12.2 Å². The summed E-state index contributed by atoms with van der Waals surface area (Å²) in [7, 11) is 0. The Morgan fingerprint density at radius 2 is 1.95 bits per heavy atom. The monoisotopic (exact) mass is 274 g/mol. The van der Waals surface area contributed by atoms with Crippen LogP contribution in [0, 0.1) is 0 Å². The van der Waals surface area contributed by atoms with Gasteiger partial charge in [0.1, 0.15) is 11.9 Å². The maximum Gasteiger partial charge on any atom is 0.408 e. The number of hydrogen-bond acceptors (Lipinski definition) is 4. The highest BCUT2D eigenvalue weighted by atomic mass is 16.6. The molecule has 0 fully saturated rings. The molecule has 0 heterocycles. The summed E-state index contributed by atoms with van der Waals surface area (Å²) in [5.74, 6) is 0. The number of ether oxygens (including phenoxy) is 1. The van der Waals surface area contributed by atoms with E-state index in [0.29, 0.717) is 32.1 Å². The summed E-state index contributed by atoms with van der Waals surface area (Å²) < 4.78 is 5.03. The van der Waals surface area contributed by atoms with Crippen LogP contribution in [-0.4, -0.2) is 41.8 Å². The smallest absolute Gasteiger partial charge is 0.408 e. The van der Waals surface area contributed by atoms with E-state index in [1.54, 1.807) is 20.8 Å².